The molecule has 0 saturated heterocycles. The van der Waals surface area contributed by atoms with Crippen molar-refractivity contribution in [3.05, 3.63) is 27.5 Å². The minimum Gasteiger partial charge on any atom is -0.351 e. The lowest BCUT2D eigenvalue weighted by Crippen LogP contribution is -2.43. The van der Waals surface area contributed by atoms with Gasteiger partial charge in [-0.25, -0.2) is 4.68 Å². The summed E-state index contributed by atoms with van der Waals surface area (Å²) in [5.41, 5.74) is 1.44. The maximum atomic E-state index is 12.9. The monoisotopic (exact) mass is 372 g/mol. The van der Waals surface area contributed by atoms with Crippen LogP contribution < -0.4 is 10.9 Å². The van der Waals surface area contributed by atoms with Crippen molar-refractivity contribution in [2.45, 2.75) is 52.1 Å². The van der Waals surface area contributed by atoms with Gasteiger partial charge in [-0.05, 0) is 31.7 Å². The van der Waals surface area contributed by atoms with Gasteiger partial charge in [0.15, 0.2) is 0 Å². The Morgan fingerprint density at radius 1 is 1.38 bits per heavy atom. The van der Waals surface area contributed by atoms with Gasteiger partial charge in [0.25, 0.3) is 5.56 Å². The van der Waals surface area contributed by atoms with Gasteiger partial charge < -0.3 is 9.88 Å². The summed E-state index contributed by atoms with van der Waals surface area (Å²) < 4.78 is 4.27. The highest BCUT2D eigenvalue weighted by Crippen LogP contribution is 2.32. The minimum absolute atomic E-state index is 0.0319. The molecular formula is C19H24N4O2S. The largest absolute Gasteiger partial charge is 0.351 e. The first kappa shape index (κ1) is 17.3. The summed E-state index contributed by atoms with van der Waals surface area (Å²) in [6.07, 6.45) is 6.26. The molecule has 0 radical (unpaired) electrons. The molecule has 0 bridgehead atoms. The molecule has 1 N–H and O–H groups in total. The maximum Gasteiger partial charge on any atom is 0.291 e. The summed E-state index contributed by atoms with van der Waals surface area (Å²) >= 11 is 1.67. The molecule has 3 aromatic heterocycles. The Labute approximate surface area is 155 Å². The zero-order chi connectivity index (χ0) is 18.4. The molecule has 138 valence electrons. The van der Waals surface area contributed by atoms with Crippen LogP contribution in [0.2, 0.25) is 0 Å². The SMILES string of the molecule is Cc1cc2c(s1)c1cnn(CC(=O)N[C@H]3CCCC[C@@H]3C)c(=O)c1n2C. The van der Waals surface area contributed by atoms with E-state index >= 15 is 0 Å². The molecule has 7 heteroatoms. The Kier molecular flexibility index (Phi) is 4.34. The highest BCUT2D eigenvalue weighted by atomic mass is 32.1. The predicted molar refractivity (Wildman–Crippen MR) is 105 cm³/mol. The Morgan fingerprint density at radius 2 is 2.15 bits per heavy atom. The van der Waals surface area contributed by atoms with Crippen LogP contribution in [0, 0.1) is 12.8 Å². The number of hydrogen-bond donors (Lipinski definition) is 1. The zero-order valence-corrected chi connectivity index (χ0v) is 16.2. The fourth-order valence-electron chi connectivity index (χ4n) is 4.06. The lowest BCUT2D eigenvalue weighted by atomic mass is 9.86. The van der Waals surface area contributed by atoms with Crippen molar-refractivity contribution in [2.75, 3.05) is 0 Å². The lowest BCUT2D eigenvalue weighted by Gasteiger charge is -2.29. The summed E-state index contributed by atoms with van der Waals surface area (Å²) in [4.78, 5) is 26.6. The third kappa shape index (κ3) is 2.84. The van der Waals surface area contributed by atoms with E-state index in [1.165, 1.54) is 16.0 Å². The molecule has 1 fully saturated rings. The topological polar surface area (TPSA) is 68.9 Å². The van der Waals surface area contributed by atoms with E-state index in [-0.39, 0.29) is 24.1 Å². The molecule has 1 aliphatic carbocycles. The van der Waals surface area contributed by atoms with Gasteiger partial charge in [0, 0.05) is 23.4 Å². The van der Waals surface area contributed by atoms with Crippen LogP contribution in [-0.2, 0) is 18.4 Å². The van der Waals surface area contributed by atoms with E-state index in [4.69, 9.17) is 0 Å². The fraction of sp³-hybridized carbons (Fsp3) is 0.526. The van der Waals surface area contributed by atoms with Gasteiger partial charge in [-0.15, -0.1) is 11.3 Å². The number of amides is 1. The van der Waals surface area contributed by atoms with Gasteiger partial charge in [0.2, 0.25) is 5.91 Å². The van der Waals surface area contributed by atoms with Crippen LogP contribution in [0.25, 0.3) is 21.1 Å². The lowest BCUT2D eigenvalue weighted by molar-refractivity contribution is -0.123. The normalized spacial score (nSPS) is 20.7. The van der Waals surface area contributed by atoms with Crippen molar-refractivity contribution in [3.8, 4) is 0 Å². The fourth-order valence-corrected chi connectivity index (χ4v) is 5.12. The number of carbonyl (C=O) groups is 1. The van der Waals surface area contributed by atoms with E-state index in [1.54, 1.807) is 17.5 Å². The quantitative estimate of drug-likeness (QED) is 0.768. The van der Waals surface area contributed by atoms with Crippen molar-refractivity contribution in [1.29, 1.82) is 0 Å². The van der Waals surface area contributed by atoms with E-state index in [2.05, 4.69) is 30.3 Å². The Bertz CT molecular complexity index is 1050. The van der Waals surface area contributed by atoms with Crippen LogP contribution in [0.1, 0.15) is 37.5 Å². The van der Waals surface area contributed by atoms with Gasteiger partial charge in [-0.2, -0.15) is 5.10 Å². The van der Waals surface area contributed by atoms with Crippen molar-refractivity contribution < 1.29 is 4.79 Å². The Morgan fingerprint density at radius 3 is 2.92 bits per heavy atom. The smallest absolute Gasteiger partial charge is 0.291 e. The molecule has 0 aliphatic heterocycles. The molecule has 2 atom stereocenters. The highest BCUT2D eigenvalue weighted by molar-refractivity contribution is 7.20. The van der Waals surface area contributed by atoms with Crippen LogP contribution in [0.4, 0.5) is 0 Å². The minimum atomic E-state index is -0.210. The summed E-state index contributed by atoms with van der Waals surface area (Å²) in [6.45, 7) is 4.21. The molecule has 6 nitrogen and oxygen atoms in total. The average Bonchev–Trinajstić information content (AvgIpc) is 3.10. The highest BCUT2D eigenvalue weighted by Gasteiger charge is 2.23. The standard InChI is InChI=1S/C19H24N4O2S/c1-11-6-4-5-7-14(11)21-16(24)10-23-19(25)17-13(9-20-23)18-15(22(17)3)8-12(2)26-18/h8-9,11,14H,4-7,10H2,1-3H3,(H,21,24)/t11-,14-/m0/s1. The summed E-state index contributed by atoms with van der Waals surface area (Å²) in [6, 6.07) is 2.29. The summed E-state index contributed by atoms with van der Waals surface area (Å²) in [7, 11) is 1.90. The molecule has 0 unspecified atom stereocenters. The van der Waals surface area contributed by atoms with E-state index < -0.39 is 0 Å². The first-order chi connectivity index (χ1) is 12.5. The van der Waals surface area contributed by atoms with Crippen LogP contribution >= 0.6 is 11.3 Å². The van der Waals surface area contributed by atoms with Crippen LogP contribution in [0.3, 0.4) is 0 Å². The van der Waals surface area contributed by atoms with E-state index in [9.17, 15) is 9.59 Å². The van der Waals surface area contributed by atoms with Crippen LogP contribution in [0.5, 0.6) is 0 Å². The first-order valence-corrected chi connectivity index (χ1v) is 10.0. The van der Waals surface area contributed by atoms with Gasteiger partial charge in [-0.3, -0.25) is 9.59 Å². The number of nitrogens with zero attached hydrogens (tertiary/aromatic N) is 3. The molecule has 0 spiro atoms. The molecule has 1 aliphatic rings. The van der Waals surface area contributed by atoms with E-state index in [1.807, 2.05) is 11.6 Å². The molecule has 1 amide bonds. The molecule has 0 aromatic carbocycles. The third-order valence-corrected chi connectivity index (χ3v) is 6.62. The van der Waals surface area contributed by atoms with Crippen LogP contribution in [-0.4, -0.2) is 26.3 Å². The molecule has 26 heavy (non-hydrogen) atoms. The zero-order valence-electron chi connectivity index (χ0n) is 15.4. The van der Waals surface area contributed by atoms with Gasteiger partial charge >= 0.3 is 0 Å². The van der Waals surface area contributed by atoms with Crippen molar-refractivity contribution >= 4 is 38.4 Å². The molecule has 1 saturated carbocycles. The number of aryl methyl sites for hydroxylation is 2. The second-order valence-corrected chi connectivity index (χ2v) is 8.69. The predicted octanol–water partition coefficient (Wildman–Crippen LogP) is 2.95. The average molecular weight is 372 g/mol. The van der Waals surface area contributed by atoms with Gasteiger partial charge in [0.1, 0.15) is 12.1 Å². The second kappa shape index (κ2) is 6.54. The van der Waals surface area contributed by atoms with E-state index in [0.29, 0.717) is 11.4 Å². The molecule has 4 rings (SSSR count). The van der Waals surface area contributed by atoms with Crippen molar-refractivity contribution in [2.24, 2.45) is 13.0 Å². The van der Waals surface area contributed by atoms with Gasteiger partial charge in [-0.1, -0.05) is 19.8 Å². The summed E-state index contributed by atoms with van der Waals surface area (Å²) in [5, 5.41) is 8.22. The Hall–Kier alpha value is -2.15. The van der Waals surface area contributed by atoms with Gasteiger partial charge in [0.05, 0.1) is 16.4 Å². The molecular weight excluding hydrogens is 348 g/mol. The number of nitrogens with one attached hydrogen (secondary N) is 1. The number of aromatic nitrogens is 3. The number of thiophene rings is 1. The van der Waals surface area contributed by atoms with Crippen LogP contribution in [0.15, 0.2) is 17.1 Å². The van der Waals surface area contributed by atoms with E-state index in [0.717, 1.165) is 34.9 Å². The number of carbonyl (C=O) groups excluding carboxylic acids is 1. The Balaban J connectivity index is 1.63. The summed E-state index contributed by atoms with van der Waals surface area (Å²) in [5.74, 6) is 0.354. The second-order valence-electron chi connectivity index (χ2n) is 7.44. The number of hydrogen-bond acceptors (Lipinski definition) is 4. The van der Waals surface area contributed by atoms with Crippen molar-refractivity contribution in [3.63, 3.8) is 0 Å². The number of fused-ring (bicyclic) bond motifs is 3. The third-order valence-electron chi connectivity index (χ3n) is 5.55. The molecule has 3 heterocycles. The first-order valence-electron chi connectivity index (χ1n) is 9.19. The maximum absolute atomic E-state index is 12.9. The number of rotatable bonds is 3. The van der Waals surface area contributed by atoms with Crippen molar-refractivity contribution in [1.82, 2.24) is 19.7 Å². The molecule has 3 aromatic rings.